The van der Waals surface area contributed by atoms with Gasteiger partial charge in [-0.1, -0.05) is 6.92 Å². The second-order valence-electron chi connectivity index (χ2n) is 5.84. The van der Waals surface area contributed by atoms with E-state index in [4.69, 9.17) is 25.8 Å². The molecule has 142 valence electrons. The number of rotatable bonds is 15. The van der Waals surface area contributed by atoms with Crippen LogP contribution in [0.1, 0.15) is 26.2 Å². The highest BCUT2D eigenvalue weighted by atomic mass is 16.5. The minimum atomic E-state index is -0.756. The summed E-state index contributed by atoms with van der Waals surface area (Å²) in [5.74, 6) is 5.22. The molecule has 0 aromatic carbocycles. The number of hydrogen-bond acceptors (Lipinski definition) is 7. The lowest BCUT2D eigenvalue weighted by Gasteiger charge is -2.32. The fourth-order valence-electron chi connectivity index (χ4n) is 1.75. The van der Waals surface area contributed by atoms with Gasteiger partial charge in [0.2, 0.25) is 11.8 Å². The Morgan fingerprint density at radius 3 is 1.92 bits per heavy atom. The second kappa shape index (κ2) is 13.1. The van der Waals surface area contributed by atoms with E-state index in [1.807, 2.05) is 6.92 Å². The zero-order chi connectivity index (χ0) is 18.4. The Labute approximate surface area is 143 Å². The molecule has 0 aliphatic heterocycles. The Hall–Kier alpha value is -1.26. The third-order valence-corrected chi connectivity index (χ3v) is 3.24. The van der Waals surface area contributed by atoms with E-state index < -0.39 is 11.4 Å². The number of nitrogens with zero attached hydrogens (tertiary/aromatic N) is 1. The van der Waals surface area contributed by atoms with E-state index in [-0.39, 0.29) is 51.8 Å². The monoisotopic (exact) mass is 348 g/mol. The highest BCUT2D eigenvalue weighted by molar-refractivity contribution is 5.75. The van der Waals surface area contributed by atoms with Gasteiger partial charge in [-0.15, -0.1) is 0 Å². The van der Waals surface area contributed by atoms with E-state index in [9.17, 15) is 9.59 Å². The van der Waals surface area contributed by atoms with Crippen molar-refractivity contribution in [1.29, 1.82) is 0 Å². The van der Waals surface area contributed by atoms with E-state index >= 15 is 0 Å². The quantitative estimate of drug-likeness (QED) is 0.197. The standard InChI is InChI=1S/C15H32N4O5/c1-4-7-22-10-15(18-17,11-23-8-5-13(16)20)12-24-9-6-14(21)19(2)3/h18H,4-12,17H2,1-3H3,(H2,16,20). The first kappa shape index (κ1) is 22.7. The van der Waals surface area contributed by atoms with Gasteiger partial charge in [0.25, 0.3) is 0 Å². The molecule has 2 amide bonds. The fourth-order valence-corrected chi connectivity index (χ4v) is 1.75. The van der Waals surface area contributed by atoms with Crippen molar-refractivity contribution < 1.29 is 23.8 Å². The molecule has 0 bridgehead atoms. The van der Waals surface area contributed by atoms with E-state index in [2.05, 4.69) is 5.43 Å². The molecule has 0 spiro atoms. The SMILES string of the molecule is CCCOCC(COCCC(N)=O)(COCCC(=O)N(C)C)NN. The number of primary amides is 1. The summed E-state index contributed by atoms with van der Waals surface area (Å²) in [6.07, 6.45) is 1.29. The molecule has 0 aliphatic carbocycles. The number of nitrogens with two attached hydrogens (primary N) is 2. The largest absolute Gasteiger partial charge is 0.379 e. The van der Waals surface area contributed by atoms with Crippen molar-refractivity contribution in [3.05, 3.63) is 0 Å². The number of nitrogens with one attached hydrogen (secondary N) is 1. The van der Waals surface area contributed by atoms with Crippen molar-refractivity contribution in [2.45, 2.75) is 31.7 Å². The number of carbonyl (C=O) groups is 2. The molecule has 5 N–H and O–H groups in total. The van der Waals surface area contributed by atoms with Crippen molar-refractivity contribution in [2.75, 3.05) is 53.7 Å². The van der Waals surface area contributed by atoms with Gasteiger partial charge >= 0.3 is 0 Å². The second-order valence-corrected chi connectivity index (χ2v) is 5.84. The van der Waals surface area contributed by atoms with Crippen molar-refractivity contribution in [2.24, 2.45) is 11.6 Å². The highest BCUT2D eigenvalue weighted by Crippen LogP contribution is 2.08. The van der Waals surface area contributed by atoms with E-state index in [0.717, 1.165) is 6.42 Å². The van der Waals surface area contributed by atoms with Crippen LogP contribution >= 0.6 is 0 Å². The van der Waals surface area contributed by atoms with Crippen LogP contribution in [0.4, 0.5) is 0 Å². The van der Waals surface area contributed by atoms with Crippen LogP contribution in [0.25, 0.3) is 0 Å². The highest BCUT2D eigenvalue weighted by Gasteiger charge is 2.30. The van der Waals surface area contributed by atoms with Crippen molar-refractivity contribution >= 4 is 11.8 Å². The smallest absolute Gasteiger partial charge is 0.224 e. The summed E-state index contributed by atoms with van der Waals surface area (Å²) in [6.45, 7) is 3.76. The fraction of sp³-hybridized carbons (Fsp3) is 0.867. The molecular weight excluding hydrogens is 316 g/mol. The molecule has 24 heavy (non-hydrogen) atoms. The minimum absolute atomic E-state index is 0.0127. The van der Waals surface area contributed by atoms with E-state index in [0.29, 0.717) is 6.61 Å². The maximum absolute atomic E-state index is 11.5. The van der Waals surface area contributed by atoms with Gasteiger partial charge in [0.05, 0.1) is 39.5 Å². The van der Waals surface area contributed by atoms with Crippen LogP contribution < -0.4 is 17.0 Å². The van der Waals surface area contributed by atoms with Gasteiger partial charge in [0.15, 0.2) is 0 Å². The molecule has 0 fully saturated rings. The summed E-state index contributed by atoms with van der Waals surface area (Å²) in [4.78, 5) is 23.8. The van der Waals surface area contributed by atoms with Gasteiger partial charge in [0.1, 0.15) is 5.54 Å². The van der Waals surface area contributed by atoms with Crippen LogP contribution in [0.2, 0.25) is 0 Å². The third kappa shape index (κ3) is 10.5. The average Bonchev–Trinajstić information content (AvgIpc) is 2.54. The van der Waals surface area contributed by atoms with Crippen LogP contribution in [-0.4, -0.2) is 76.0 Å². The first-order chi connectivity index (χ1) is 11.4. The average molecular weight is 348 g/mol. The molecule has 0 radical (unpaired) electrons. The van der Waals surface area contributed by atoms with Gasteiger partial charge in [-0.05, 0) is 6.42 Å². The lowest BCUT2D eigenvalue weighted by molar-refractivity contribution is -0.130. The Morgan fingerprint density at radius 2 is 1.50 bits per heavy atom. The summed E-state index contributed by atoms with van der Waals surface area (Å²) < 4.78 is 16.6. The van der Waals surface area contributed by atoms with Crippen LogP contribution in [0.3, 0.4) is 0 Å². The first-order valence-electron chi connectivity index (χ1n) is 8.06. The lowest BCUT2D eigenvalue weighted by atomic mass is 10.0. The summed E-state index contributed by atoms with van der Waals surface area (Å²) >= 11 is 0. The van der Waals surface area contributed by atoms with Crippen molar-refractivity contribution in [1.82, 2.24) is 10.3 Å². The van der Waals surface area contributed by atoms with Crippen molar-refractivity contribution in [3.8, 4) is 0 Å². The van der Waals surface area contributed by atoms with Crippen LogP contribution in [0.15, 0.2) is 0 Å². The normalized spacial score (nSPS) is 13.5. The molecule has 0 saturated carbocycles. The Balaban J connectivity index is 4.41. The number of carbonyl (C=O) groups excluding carboxylic acids is 2. The molecule has 0 aliphatic rings. The minimum Gasteiger partial charge on any atom is -0.379 e. The van der Waals surface area contributed by atoms with Gasteiger partial charge < -0.3 is 24.8 Å². The first-order valence-corrected chi connectivity index (χ1v) is 8.06. The summed E-state index contributed by atoms with van der Waals surface area (Å²) in [5, 5.41) is 0. The molecular formula is C15H32N4O5. The van der Waals surface area contributed by atoms with Gasteiger partial charge in [-0.3, -0.25) is 15.4 Å². The molecule has 0 rings (SSSR count). The van der Waals surface area contributed by atoms with Gasteiger partial charge in [0, 0.05) is 27.1 Å². The molecule has 0 aromatic rings. The predicted molar refractivity (Wildman–Crippen MR) is 89.9 cm³/mol. The summed E-state index contributed by atoms with van der Waals surface area (Å²) in [7, 11) is 3.39. The van der Waals surface area contributed by atoms with E-state index in [1.54, 1.807) is 14.1 Å². The molecule has 0 heterocycles. The number of hydrogen-bond donors (Lipinski definition) is 3. The molecule has 9 nitrogen and oxygen atoms in total. The predicted octanol–water partition coefficient (Wildman–Crippen LogP) is -0.998. The maximum atomic E-state index is 11.5. The zero-order valence-electron chi connectivity index (χ0n) is 15.0. The van der Waals surface area contributed by atoms with Crippen LogP contribution in [-0.2, 0) is 23.8 Å². The lowest BCUT2D eigenvalue weighted by Crippen LogP contribution is -2.59. The molecule has 1 unspecified atom stereocenters. The topological polar surface area (TPSA) is 129 Å². The summed E-state index contributed by atoms with van der Waals surface area (Å²) in [6, 6.07) is 0. The van der Waals surface area contributed by atoms with Gasteiger partial charge in [-0.2, -0.15) is 0 Å². The number of ether oxygens (including phenoxy) is 3. The Bertz CT molecular complexity index is 368. The van der Waals surface area contributed by atoms with Crippen molar-refractivity contribution in [3.63, 3.8) is 0 Å². The summed E-state index contributed by atoms with van der Waals surface area (Å²) in [5.41, 5.74) is 7.01. The molecule has 0 saturated heterocycles. The zero-order valence-corrected chi connectivity index (χ0v) is 15.0. The third-order valence-electron chi connectivity index (χ3n) is 3.24. The Kier molecular flexibility index (Phi) is 12.4. The molecule has 1 atom stereocenters. The Morgan fingerprint density at radius 1 is 1.00 bits per heavy atom. The van der Waals surface area contributed by atoms with E-state index in [1.165, 1.54) is 4.90 Å². The molecule has 9 heteroatoms. The number of amides is 2. The number of hydrazine groups is 1. The molecule has 0 aromatic heterocycles. The van der Waals surface area contributed by atoms with Crippen LogP contribution in [0.5, 0.6) is 0 Å². The maximum Gasteiger partial charge on any atom is 0.224 e. The van der Waals surface area contributed by atoms with Crippen LogP contribution in [0, 0.1) is 0 Å². The van der Waals surface area contributed by atoms with Gasteiger partial charge in [-0.25, -0.2) is 5.43 Å².